The van der Waals surface area contributed by atoms with E-state index >= 15 is 0 Å². The predicted octanol–water partition coefficient (Wildman–Crippen LogP) is 1.87. The third-order valence-electron chi connectivity index (χ3n) is 3.55. The van der Waals surface area contributed by atoms with Crippen LogP contribution in [0, 0.1) is 11.8 Å². The van der Waals surface area contributed by atoms with Crippen LogP contribution in [0.5, 0.6) is 0 Å². The maximum Gasteiger partial charge on any atom is 0.0605 e. The highest BCUT2D eigenvalue weighted by Crippen LogP contribution is 2.13. The number of nitrogens with two attached hydrogens (primary N) is 1. The second-order valence-electron chi connectivity index (χ2n) is 5.16. The van der Waals surface area contributed by atoms with Gasteiger partial charge < -0.3 is 10.5 Å². The molecule has 0 unspecified atom stereocenters. The van der Waals surface area contributed by atoms with Crippen LogP contribution < -0.4 is 5.73 Å². The molecule has 1 saturated heterocycles. The number of nitrogens with zero attached hydrogens (tertiary/aromatic N) is 1. The van der Waals surface area contributed by atoms with Gasteiger partial charge in [0.1, 0.15) is 0 Å². The summed E-state index contributed by atoms with van der Waals surface area (Å²) in [5, 5.41) is 0. The quantitative estimate of drug-likeness (QED) is 0.657. The van der Waals surface area contributed by atoms with E-state index in [0.717, 1.165) is 51.1 Å². The van der Waals surface area contributed by atoms with E-state index in [-0.39, 0.29) is 0 Å². The molecule has 2 N–H and O–H groups in total. The topological polar surface area (TPSA) is 38.5 Å². The van der Waals surface area contributed by atoms with Crippen molar-refractivity contribution >= 4 is 0 Å². The van der Waals surface area contributed by atoms with Crippen molar-refractivity contribution in [1.82, 2.24) is 4.90 Å². The van der Waals surface area contributed by atoms with Crippen LogP contribution in [0.4, 0.5) is 0 Å². The van der Waals surface area contributed by atoms with Crippen molar-refractivity contribution in [2.24, 2.45) is 5.73 Å². The summed E-state index contributed by atoms with van der Waals surface area (Å²) in [5.41, 5.74) is 6.56. The summed E-state index contributed by atoms with van der Waals surface area (Å²) in [6.45, 7) is 4.53. The van der Waals surface area contributed by atoms with E-state index in [4.69, 9.17) is 10.5 Å². The zero-order valence-electron chi connectivity index (χ0n) is 12.1. The largest absolute Gasteiger partial charge is 0.378 e. The third-order valence-corrected chi connectivity index (χ3v) is 3.55. The summed E-state index contributed by atoms with van der Waals surface area (Å²) in [7, 11) is 0. The van der Waals surface area contributed by atoms with Crippen molar-refractivity contribution in [3.8, 4) is 11.8 Å². The Kier molecular flexibility index (Phi) is 6.59. The zero-order chi connectivity index (χ0) is 14.0. The molecule has 0 atom stereocenters. The Labute approximate surface area is 122 Å². The van der Waals surface area contributed by atoms with Crippen LogP contribution in [0.2, 0.25) is 0 Å². The first-order valence-corrected chi connectivity index (χ1v) is 7.46. The molecule has 2 rings (SSSR count). The van der Waals surface area contributed by atoms with Gasteiger partial charge in [-0.1, -0.05) is 30.0 Å². The second-order valence-corrected chi connectivity index (χ2v) is 5.16. The molecule has 0 aliphatic carbocycles. The number of rotatable bonds is 5. The predicted molar refractivity (Wildman–Crippen MR) is 82.4 cm³/mol. The fourth-order valence-electron chi connectivity index (χ4n) is 2.34. The summed E-state index contributed by atoms with van der Waals surface area (Å²) in [6.07, 6.45) is 3.60. The molecule has 1 heterocycles. The maximum atomic E-state index is 5.80. The molecule has 0 amide bonds. The van der Waals surface area contributed by atoms with Gasteiger partial charge >= 0.3 is 0 Å². The average molecular weight is 272 g/mol. The van der Waals surface area contributed by atoms with E-state index in [1.165, 1.54) is 0 Å². The van der Waals surface area contributed by atoms with Gasteiger partial charge in [0.25, 0.3) is 0 Å². The van der Waals surface area contributed by atoms with Crippen LogP contribution in [0.1, 0.15) is 24.8 Å². The van der Waals surface area contributed by atoms with E-state index in [2.05, 4.69) is 16.7 Å². The van der Waals surface area contributed by atoms with E-state index in [0.29, 0.717) is 12.6 Å². The first-order chi connectivity index (χ1) is 9.88. The van der Waals surface area contributed by atoms with Crippen LogP contribution >= 0.6 is 0 Å². The molecule has 0 bridgehead atoms. The lowest BCUT2D eigenvalue weighted by Crippen LogP contribution is -2.37. The molecule has 1 aliphatic heterocycles. The molecule has 1 fully saturated rings. The van der Waals surface area contributed by atoms with E-state index in [1.54, 1.807) is 0 Å². The average Bonchev–Trinajstić information content (AvgIpc) is 2.50. The van der Waals surface area contributed by atoms with Gasteiger partial charge in [-0.05, 0) is 37.9 Å². The lowest BCUT2D eigenvalue weighted by molar-refractivity contribution is 0.00988. The highest BCUT2D eigenvalue weighted by atomic mass is 16.5. The minimum absolute atomic E-state index is 0.417. The van der Waals surface area contributed by atoms with Crippen LogP contribution in [-0.4, -0.2) is 43.8 Å². The minimum atomic E-state index is 0.417. The summed E-state index contributed by atoms with van der Waals surface area (Å²) >= 11 is 0. The third kappa shape index (κ3) is 5.34. The number of hydrogen-bond donors (Lipinski definition) is 1. The molecule has 1 aliphatic rings. The highest BCUT2D eigenvalue weighted by molar-refractivity contribution is 5.33. The molecule has 0 saturated carbocycles. The number of piperidine rings is 1. The van der Waals surface area contributed by atoms with Gasteiger partial charge in [0.15, 0.2) is 0 Å². The molecule has 1 aromatic carbocycles. The van der Waals surface area contributed by atoms with Crippen molar-refractivity contribution in [2.45, 2.75) is 25.4 Å². The maximum absolute atomic E-state index is 5.80. The summed E-state index contributed by atoms with van der Waals surface area (Å²) in [4.78, 5) is 2.40. The molecule has 3 nitrogen and oxygen atoms in total. The van der Waals surface area contributed by atoms with Gasteiger partial charge in [-0.15, -0.1) is 0 Å². The Bertz CT molecular complexity index is 427. The highest BCUT2D eigenvalue weighted by Gasteiger charge is 2.18. The number of likely N-dealkylation sites (tertiary alicyclic amines) is 1. The van der Waals surface area contributed by atoms with Gasteiger partial charge in [0, 0.05) is 25.3 Å². The molecule has 3 heteroatoms. The summed E-state index contributed by atoms with van der Waals surface area (Å²) in [6, 6.07) is 10.2. The van der Waals surface area contributed by atoms with Crippen LogP contribution in [0.25, 0.3) is 0 Å². The molecular formula is C17H24N2O. The number of benzene rings is 1. The lowest BCUT2D eigenvalue weighted by Gasteiger charge is -2.30. The van der Waals surface area contributed by atoms with Crippen molar-refractivity contribution in [3.63, 3.8) is 0 Å². The van der Waals surface area contributed by atoms with Crippen LogP contribution in [0.15, 0.2) is 30.3 Å². The zero-order valence-corrected chi connectivity index (χ0v) is 12.1. The van der Waals surface area contributed by atoms with Gasteiger partial charge in [-0.2, -0.15) is 0 Å². The van der Waals surface area contributed by atoms with Gasteiger partial charge in [0.05, 0.1) is 12.6 Å². The SMILES string of the molecule is NCCCOC1CCN(CC#Cc2ccccc2)CC1. The molecule has 0 spiro atoms. The second kappa shape index (κ2) is 8.76. The molecule has 0 radical (unpaired) electrons. The first kappa shape index (κ1) is 15.1. The van der Waals surface area contributed by atoms with Crippen molar-refractivity contribution in [2.75, 3.05) is 32.8 Å². The summed E-state index contributed by atoms with van der Waals surface area (Å²) < 4.78 is 5.80. The normalized spacial score (nSPS) is 16.6. The van der Waals surface area contributed by atoms with Crippen molar-refractivity contribution in [1.29, 1.82) is 0 Å². The standard InChI is InChI=1S/C17H24N2O/c18-11-5-15-20-17-9-13-19(14-10-17)12-4-8-16-6-2-1-3-7-16/h1-3,6-7,17H,5,9-15,18H2. The van der Waals surface area contributed by atoms with Gasteiger partial charge in [-0.3, -0.25) is 4.90 Å². The molecule has 108 valence electrons. The fraction of sp³-hybridized carbons (Fsp3) is 0.529. The lowest BCUT2D eigenvalue weighted by atomic mass is 10.1. The molecule has 1 aromatic rings. The van der Waals surface area contributed by atoms with E-state index < -0.39 is 0 Å². The minimum Gasteiger partial charge on any atom is -0.378 e. The summed E-state index contributed by atoms with van der Waals surface area (Å²) in [5.74, 6) is 6.47. The fourth-order valence-corrected chi connectivity index (χ4v) is 2.34. The van der Waals surface area contributed by atoms with E-state index in [9.17, 15) is 0 Å². The first-order valence-electron chi connectivity index (χ1n) is 7.46. The van der Waals surface area contributed by atoms with Crippen LogP contribution in [0.3, 0.4) is 0 Å². The monoisotopic (exact) mass is 272 g/mol. The smallest absolute Gasteiger partial charge is 0.0605 e. The van der Waals surface area contributed by atoms with E-state index in [1.807, 2.05) is 30.3 Å². The Hall–Kier alpha value is -1.34. The van der Waals surface area contributed by atoms with Crippen LogP contribution in [-0.2, 0) is 4.74 Å². The van der Waals surface area contributed by atoms with Gasteiger partial charge in [0.2, 0.25) is 0 Å². The molecule has 20 heavy (non-hydrogen) atoms. The van der Waals surface area contributed by atoms with Gasteiger partial charge in [-0.25, -0.2) is 0 Å². The molecular weight excluding hydrogens is 248 g/mol. The number of hydrogen-bond acceptors (Lipinski definition) is 3. The Morgan fingerprint density at radius 2 is 1.95 bits per heavy atom. The molecule has 0 aromatic heterocycles. The Balaban J connectivity index is 1.66. The Morgan fingerprint density at radius 3 is 2.65 bits per heavy atom. The Morgan fingerprint density at radius 1 is 1.20 bits per heavy atom. The van der Waals surface area contributed by atoms with Crippen molar-refractivity contribution < 1.29 is 4.74 Å². The van der Waals surface area contributed by atoms with Crippen molar-refractivity contribution in [3.05, 3.63) is 35.9 Å². The number of ether oxygens (including phenoxy) is 1.